The topological polar surface area (TPSA) is 61.6 Å². The Morgan fingerprint density at radius 1 is 1.21 bits per heavy atom. The highest BCUT2D eigenvalue weighted by Gasteiger charge is 2.27. The molecule has 29 heavy (non-hydrogen) atoms. The number of carbonyl (C=O) groups is 1. The third-order valence-corrected chi connectivity index (χ3v) is 5.69. The van der Waals surface area contributed by atoms with E-state index in [4.69, 9.17) is 4.52 Å². The highest BCUT2D eigenvalue weighted by molar-refractivity contribution is 7.99. The summed E-state index contributed by atoms with van der Waals surface area (Å²) < 4.78 is 5.86. The third kappa shape index (κ3) is 5.69. The van der Waals surface area contributed by atoms with Gasteiger partial charge < -0.3 is 19.6 Å². The summed E-state index contributed by atoms with van der Waals surface area (Å²) in [5, 5.41) is 7.47. The van der Waals surface area contributed by atoms with Crippen LogP contribution in [0.5, 0.6) is 0 Å². The smallest absolute Gasteiger partial charge is 0.317 e. The molecular formula is C22H32N4O2S. The zero-order chi connectivity index (χ0) is 20.8. The Morgan fingerprint density at radius 3 is 2.52 bits per heavy atom. The molecule has 0 spiro atoms. The molecule has 0 aliphatic carbocycles. The summed E-state index contributed by atoms with van der Waals surface area (Å²) in [6.45, 7) is 11.2. The lowest BCUT2D eigenvalue weighted by atomic mass is 10.1. The lowest BCUT2D eigenvalue weighted by molar-refractivity contribution is 0.185. The molecular weight excluding hydrogens is 384 g/mol. The summed E-state index contributed by atoms with van der Waals surface area (Å²) >= 11 is 1.96. The van der Waals surface area contributed by atoms with E-state index in [1.165, 1.54) is 0 Å². The van der Waals surface area contributed by atoms with E-state index in [0.29, 0.717) is 19.0 Å². The van der Waals surface area contributed by atoms with Crippen molar-refractivity contribution >= 4 is 23.7 Å². The molecule has 1 N–H and O–H groups in total. The molecule has 0 radical (unpaired) electrons. The van der Waals surface area contributed by atoms with E-state index < -0.39 is 0 Å². The first-order valence-corrected chi connectivity index (χ1v) is 11.5. The molecule has 1 aliphatic rings. The summed E-state index contributed by atoms with van der Waals surface area (Å²) in [4.78, 5) is 17.0. The van der Waals surface area contributed by atoms with Crippen molar-refractivity contribution < 1.29 is 9.32 Å². The normalized spacial score (nSPS) is 14.5. The van der Waals surface area contributed by atoms with Gasteiger partial charge in [0.1, 0.15) is 5.69 Å². The fourth-order valence-corrected chi connectivity index (χ4v) is 4.37. The summed E-state index contributed by atoms with van der Waals surface area (Å²) in [7, 11) is 0. The zero-order valence-electron chi connectivity index (χ0n) is 17.9. The Hall–Kier alpha value is -2.15. The van der Waals surface area contributed by atoms with E-state index in [9.17, 15) is 4.79 Å². The van der Waals surface area contributed by atoms with Gasteiger partial charge in [-0.25, -0.2) is 4.79 Å². The van der Waals surface area contributed by atoms with Crippen molar-refractivity contribution in [1.29, 1.82) is 0 Å². The minimum Gasteiger partial charge on any atom is -0.339 e. The van der Waals surface area contributed by atoms with E-state index in [0.717, 1.165) is 47.3 Å². The Morgan fingerprint density at radius 2 is 1.90 bits per heavy atom. The molecule has 1 aromatic carbocycles. The van der Waals surface area contributed by atoms with Gasteiger partial charge in [-0.2, -0.15) is 11.8 Å². The number of benzene rings is 1. The van der Waals surface area contributed by atoms with E-state index in [1.54, 1.807) is 0 Å². The average molecular weight is 417 g/mol. The van der Waals surface area contributed by atoms with Crippen LogP contribution in [-0.4, -0.2) is 53.3 Å². The number of nitrogens with zero attached hydrogens (tertiary/aromatic N) is 3. The zero-order valence-corrected chi connectivity index (χ0v) is 18.7. The number of carbonyl (C=O) groups excluding carboxylic acids is 1. The van der Waals surface area contributed by atoms with Crippen molar-refractivity contribution in [1.82, 2.24) is 15.4 Å². The maximum absolute atomic E-state index is 12.9. The Kier molecular flexibility index (Phi) is 7.47. The molecule has 1 saturated heterocycles. The largest absolute Gasteiger partial charge is 0.339 e. The van der Waals surface area contributed by atoms with E-state index >= 15 is 0 Å². The molecule has 2 heterocycles. The fraction of sp³-hybridized carbons (Fsp3) is 0.545. The number of aromatic nitrogens is 1. The van der Waals surface area contributed by atoms with Crippen molar-refractivity contribution in [2.45, 2.75) is 40.3 Å². The number of urea groups is 1. The molecule has 0 unspecified atom stereocenters. The second-order valence-corrected chi connectivity index (χ2v) is 9.38. The number of rotatable bonds is 7. The van der Waals surface area contributed by atoms with Crippen LogP contribution in [0.4, 0.5) is 10.7 Å². The monoisotopic (exact) mass is 416 g/mol. The second kappa shape index (κ2) is 10.1. The molecule has 0 saturated carbocycles. The van der Waals surface area contributed by atoms with Crippen molar-refractivity contribution in [3.63, 3.8) is 0 Å². The molecule has 6 nitrogen and oxygen atoms in total. The maximum Gasteiger partial charge on any atom is 0.317 e. The minimum atomic E-state index is -0.0472. The van der Waals surface area contributed by atoms with Crippen LogP contribution >= 0.6 is 11.8 Å². The Bertz CT molecular complexity index is 785. The highest BCUT2D eigenvalue weighted by atomic mass is 32.2. The van der Waals surface area contributed by atoms with Crippen LogP contribution in [0.1, 0.15) is 33.3 Å². The molecule has 2 amide bonds. The number of nitrogens with one attached hydrogen (secondary N) is 1. The van der Waals surface area contributed by atoms with Gasteiger partial charge in [0, 0.05) is 42.7 Å². The molecule has 7 heteroatoms. The number of anilines is 1. The minimum absolute atomic E-state index is 0.0472. The molecule has 1 fully saturated rings. The van der Waals surface area contributed by atoms with Gasteiger partial charge in [-0.15, -0.1) is 0 Å². The lowest BCUT2D eigenvalue weighted by Crippen LogP contribution is -2.44. The van der Waals surface area contributed by atoms with Crippen molar-refractivity contribution in [2.75, 3.05) is 36.0 Å². The number of amides is 2. The molecule has 0 atom stereocenters. The Labute approximate surface area is 178 Å². The first-order chi connectivity index (χ1) is 14.0. The van der Waals surface area contributed by atoms with Crippen LogP contribution in [0.25, 0.3) is 11.3 Å². The second-order valence-electron chi connectivity index (χ2n) is 8.16. The van der Waals surface area contributed by atoms with Crippen LogP contribution in [0.15, 0.2) is 34.9 Å². The van der Waals surface area contributed by atoms with Crippen molar-refractivity contribution in [3.05, 3.63) is 35.9 Å². The standard InChI is InChI=1S/C22H32N4O2S/c1-16(2)14-26(22(27)23-17(3)4)15-19-20(18-8-6-5-7-9-18)24-28-21(19)25-10-12-29-13-11-25/h5-9,16-17H,10-15H2,1-4H3,(H,23,27). The summed E-state index contributed by atoms with van der Waals surface area (Å²) in [5.41, 5.74) is 2.82. The number of hydrogen-bond acceptors (Lipinski definition) is 5. The van der Waals surface area contributed by atoms with Gasteiger partial charge >= 0.3 is 6.03 Å². The number of thioether (sulfide) groups is 1. The van der Waals surface area contributed by atoms with E-state index in [2.05, 4.69) is 29.2 Å². The predicted octanol–water partition coefficient (Wildman–Crippen LogP) is 4.47. The Balaban J connectivity index is 1.96. The predicted molar refractivity (Wildman–Crippen MR) is 120 cm³/mol. The van der Waals surface area contributed by atoms with Crippen molar-refractivity contribution in [2.24, 2.45) is 5.92 Å². The van der Waals surface area contributed by atoms with Crippen LogP contribution in [0.3, 0.4) is 0 Å². The van der Waals surface area contributed by atoms with Gasteiger partial charge in [0.2, 0.25) is 5.88 Å². The molecule has 158 valence electrons. The molecule has 0 bridgehead atoms. The maximum atomic E-state index is 12.9. The molecule has 2 aromatic rings. The van der Waals surface area contributed by atoms with Crippen LogP contribution in [0.2, 0.25) is 0 Å². The molecule has 1 aliphatic heterocycles. The summed E-state index contributed by atoms with van der Waals surface area (Å²) in [6.07, 6.45) is 0. The molecule has 3 rings (SSSR count). The fourth-order valence-electron chi connectivity index (χ4n) is 3.47. The number of hydrogen-bond donors (Lipinski definition) is 1. The van der Waals surface area contributed by atoms with Crippen LogP contribution < -0.4 is 10.2 Å². The van der Waals surface area contributed by atoms with Crippen LogP contribution in [-0.2, 0) is 6.54 Å². The molecule has 1 aromatic heterocycles. The van der Waals surface area contributed by atoms with E-state index in [-0.39, 0.29) is 12.1 Å². The van der Waals surface area contributed by atoms with Gasteiger partial charge in [-0.05, 0) is 19.8 Å². The third-order valence-electron chi connectivity index (χ3n) is 4.75. The van der Waals surface area contributed by atoms with Crippen molar-refractivity contribution in [3.8, 4) is 11.3 Å². The average Bonchev–Trinajstić information content (AvgIpc) is 3.11. The lowest BCUT2D eigenvalue weighted by Gasteiger charge is -2.29. The first-order valence-electron chi connectivity index (χ1n) is 10.4. The summed E-state index contributed by atoms with van der Waals surface area (Å²) in [5.74, 6) is 3.31. The first kappa shape index (κ1) is 21.6. The van der Waals surface area contributed by atoms with Gasteiger partial charge in [-0.3, -0.25) is 0 Å². The quantitative estimate of drug-likeness (QED) is 0.721. The highest BCUT2D eigenvalue weighted by Crippen LogP contribution is 2.33. The van der Waals surface area contributed by atoms with Gasteiger partial charge in [0.15, 0.2) is 0 Å². The SMILES string of the molecule is CC(C)CN(Cc1c(-c2ccccc2)noc1N1CCSCC1)C(=O)NC(C)C. The van der Waals surface area contributed by atoms with Gasteiger partial charge in [0.25, 0.3) is 0 Å². The summed E-state index contributed by atoms with van der Waals surface area (Å²) in [6, 6.07) is 10.1. The van der Waals surface area contributed by atoms with E-state index in [1.807, 2.05) is 60.8 Å². The van der Waals surface area contributed by atoms with Gasteiger partial charge in [-0.1, -0.05) is 49.3 Å². The van der Waals surface area contributed by atoms with Gasteiger partial charge in [0.05, 0.1) is 12.1 Å². The van der Waals surface area contributed by atoms with Crippen LogP contribution in [0, 0.1) is 5.92 Å².